The highest BCUT2D eigenvalue weighted by Crippen LogP contribution is 2.42. The maximum absolute atomic E-state index is 13.1. The Labute approximate surface area is 234 Å². The third kappa shape index (κ3) is 4.40. The predicted octanol–water partition coefficient (Wildman–Crippen LogP) is 4.77. The molecule has 1 aliphatic heterocycles. The van der Waals surface area contributed by atoms with Crippen molar-refractivity contribution < 1.29 is 9.47 Å². The number of hydrogen-bond donors (Lipinski definition) is 0. The molecule has 0 bridgehead atoms. The van der Waals surface area contributed by atoms with Gasteiger partial charge in [0, 0.05) is 44.5 Å². The summed E-state index contributed by atoms with van der Waals surface area (Å²) in [5, 5.41) is 19.5. The van der Waals surface area contributed by atoms with E-state index in [1.807, 2.05) is 7.05 Å². The fourth-order valence-corrected chi connectivity index (χ4v) is 6.58. The Balaban J connectivity index is 1.29. The quantitative estimate of drug-likeness (QED) is 0.442. The van der Waals surface area contributed by atoms with E-state index in [4.69, 9.17) is 9.47 Å². The lowest BCUT2D eigenvalue weighted by Crippen LogP contribution is -2.46. The fourth-order valence-electron chi connectivity index (χ4n) is 6.58. The van der Waals surface area contributed by atoms with Crippen LogP contribution < -0.4 is 24.8 Å². The van der Waals surface area contributed by atoms with Gasteiger partial charge in [0.15, 0.2) is 11.5 Å². The van der Waals surface area contributed by atoms with Crippen molar-refractivity contribution >= 4 is 22.4 Å². The summed E-state index contributed by atoms with van der Waals surface area (Å²) in [4.78, 5) is 22.3. The maximum atomic E-state index is 13.1. The van der Waals surface area contributed by atoms with Gasteiger partial charge in [-0.3, -0.25) is 4.79 Å². The van der Waals surface area contributed by atoms with Gasteiger partial charge in [0.2, 0.25) is 6.79 Å². The van der Waals surface area contributed by atoms with Gasteiger partial charge in [0.05, 0.1) is 11.2 Å². The molecule has 9 nitrogen and oxygen atoms in total. The molecule has 0 saturated heterocycles. The molecular weight excluding hydrogens is 504 g/mol. The molecule has 0 radical (unpaired) electrons. The minimum absolute atomic E-state index is 0.0739. The zero-order valence-corrected chi connectivity index (χ0v) is 23.3. The van der Waals surface area contributed by atoms with Crippen LogP contribution in [0.25, 0.3) is 11.0 Å². The van der Waals surface area contributed by atoms with Crippen molar-refractivity contribution in [2.75, 3.05) is 30.2 Å². The van der Waals surface area contributed by atoms with E-state index in [0.29, 0.717) is 22.8 Å². The van der Waals surface area contributed by atoms with E-state index in [1.54, 1.807) is 19.2 Å². The van der Waals surface area contributed by atoms with E-state index in [9.17, 15) is 15.3 Å². The monoisotopic (exact) mass is 538 g/mol. The Hall–Kier alpha value is -4.24. The van der Waals surface area contributed by atoms with Crippen molar-refractivity contribution in [3.8, 4) is 23.6 Å². The summed E-state index contributed by atoms with van der Waals surface area (Å²) in [5.41, 5.74) is 4.08. The molecule has 3 aliphatic rings. The number of nitrogens with zero attached hydrogens (tertiary/aromatic N) is 6. The molecule has 9 heteroatoms. The second-order valence-corrected chi connectivity index (χ2v) is 11.4. The Morgan fingerprint density at radius 3 is 2.38 bits per heavy atom. The molecule has 0 atom stereocenters. The number of aryl methyl sites for hydroxylation is 2. The van der Waals surface area contributed by atoms with Crippen molar-refractivity contribution in [2.24, 2.45) is 13.0 Å². The third-order valence-electron chi connectivity index (χ3n) is 9.13. The van der Waals surface area contributed by atoms with Gasteiger partial charge >= 0.3 is 0 Å². The molecule has 0 spiro atoms. The van der Waals surface area contributed by atoms with Gasteiger partial charge in [-0.2, -0.15) is 10.5 Å². The summed E-state index contributed by atoms with van der Waals surface area (Å²) < 4.78 is 12.8. The minimum atomic E-state index is -0.345. The average molecular weight is 539 g/mol. The molecule has 2 aromatic heterocycles. The standard InChI is InChI=1S/C31H34N6O3/c1-19-13-27-28(40-18-39-27)14-26(19)37(17-20-5-4-6-20)23-10-8-22(9-11-23)35(2)30-24(16-33)31(38)36(3)25-12-7-21(15-32)34-29(25)30/h7,12-14,20,22-23H,4-6,8-11,17-18H2,1-3H3/t22-,23+. The topological polar surface area (TPSA) is 107 Å². The predicted molar refractivity (Wildman–Crippen MR) is 153 cm³/mol. The van der Waals surface area contributed by atoms with Gasteiger partial charge in [0.25, 0.3) is 5.56 Å². The summed E-state index contributed by atoms with van der Waals surface area (Å²) in [7, 11) is 3.60. The molecule has 2 aliphatic carbocycles. The maximum Gasteiger partial charge on any atom is 0.270 e. The lowest BCUT2D eigenvalue weighted by Gasteiger charge is -2.44. The summed E-state index contributed by atoms with van der Waals surface area (Å²) >= 11 is 0. The Morgan fingerprint density at radius 1 is 1.02 bits per heavy atom. The van der Waals surface area contributed by atoms with Gasteiger partial charge in [-0.25, -0.2) is 4.98 Å². The first-order valence-electron chi connectivity index (χ1n) is 14.1. The van der Waals surface area contributed by atoms with Gasteiger partial charge in [-0.1, -0.05) is 6.42 Å². The van der Waals surface area contributed by atoms with Crippen LogP contribution in [-0.4, -0.2) is 42.0 Å². The van der Waals surface area contributed by atoms with Crippen LogP contribution >= 0.6 is 0 Å². The summed E-state index contributed by atoms with van der Waals surface area (Å²) in [5.74, 6) is 2.35. The van der Waals surface area contributed by atoms with Crippen LogP contribution in [0.1, 0.15) is 61.8 Å². The van der Waals surface area contributed by atoms with Crippen LogP contribution in [0.4, 0.5) is 11.4 Å². The largest absolute Gasteiger partial charge is 0.454 e. The number of anilines is 2. The molecule has 40 heavy (non-hydrogen) atoms. The number of aromatic nitrogens is 2. The van der Waals surface area contributed by atoms with Gasteiger partial charge < -0.3 is 23.8 Å². The molecule has 0 amide bonds. The lowest BCUT2D eigenvalue weighted by atomic mass is 9.83. The van der Waals surface area contributed by atoms with Gasteiger partial charge in [0.1, 0.15) is 28.9 Å². The Bertz CT molecular complexity index is 1600. The molecule has 3 aromatic rings. The van der Waals surface area contributed by atoms with Crippen molar-refractivity contribution in [3.05, 3.63) is 51.4 Å². The normalized spacial score (nSPS) is 20.0. The van der Waals surface area contributed by atoms with Crippen molar-refractivity contribution in [1.29, 1.82) is 10.5 Å². The Morgan fingerprint density at radius 2 is 1.73 bits per heavy atom. The average Bonchev–Trinajstić information content (AvgIpc) is 3.40. The number of hydrogen-bond acceptors (Lipinski definition) is 8. The van der Waals surface area contributed by atoms with E-state index in [-0.39, 0.29) is 29.7 Å². The number of pyridine rings is 2. The first-order valence-corrected chi connectivity index (χ1v) is 14.1. The first-order chi connectivity index (χ1) is 19.4. The highest BCUT2D eigenvalue weighted by molar-refractivity contribution is 5.92. The molecular formula is C31H34N6O3. The molecule has 6 rings (SSSR count). The van der Waals surface area contributed by atoms with Crippen LogP contribution in [0.5, 0.6) is 11.5 Å². The van der Waals surface area contributed by atoms with Crippen LogP contribution in [0, 0.1) is 35.5 Å². The summed E-state index contributed by atoms with van der Waals surface area (Å²) in [6.45, 7) is 3.47. The minimum Gasteiger partial charge on any atom is -0.454 e. The number of rotatable bonds is 6. The van der Waals surface area contributed by atoms with E-state index < -0.39 is 0 Å². The second kappa shape index (κ2) is 10.4. The van der Waals surface area contributed by atoms with Crippen molar-refractivity contribution in [2.45, 2.75) is 64.0 Å². The van der Waals surface area contributed by atoms with Crippen molar-refractivity contribution in [3.63, 3.8) is 0 Å². The smallest absolute Gasteiger partial charge is 0.270 e. The number of benzene rings is 1. The van der Waals surface area contributed by atoms with Gasteiger partial charge in [-0.15, -0.1) is 0 Å². The molecule has 0 N–H and O–H groups in total. The molecule has 2 saturated carbocycles. The zero-order chi connectivity index (χ0) is 28.0. The van der Waals surface area contributed by atoms with Crippen molar-refractivity contribution in [1.82, 2.24) is 9.55 Å². The van der Waals surface area contributed by atoms with E-state index in [1.165, 1.54) is 35.1 Å². The second-order valence-electron chi connectivity index (χ2n) is 11.4. The van der Waals surface area contributed by atoms with Crippen LogP contribution in [-0.2, 0) is 7.05 Å². The van der Waals surface area contributed by atoms with Gasteiger partial charge in [-0.05, 0) is 75.1 Å². The van der Waals surface area contributed by atoms with E-state index in [2.05, 4.69) is 46.0 Å². The molecule has 1 aromatic carbocycles. The van der Waals surface area contributed by atoms with E-state index >= 15 is 0 Å². The highest BCUT2D eigenvalue weighted by Gasteiger charge is 2.34. The molecule has 2 fully saturated rings. The van der Waals surface area contributed by atoms with Crippen LogP contribution in [0.2, 0.25) is 0 Å². The number of fused-ring (bicyclic) bond motifs is 2. The number of ether oxygens (including phenoxy) is 2. The first kappa shape index (κ1) is 26.0. The van der Waals surface area contributed by atoms with Crippen LogP contribution in [0.15, 0.2) is 29.1 Å². The lowest BCUT2D eigenvalue weighted by molar-refractivity contribution is 0.174. The van der Waals surface area contributed by atoms with E-state index in [0.717, 1.165) is 49.6 Å². The molecule has 3 heterocycles. The molecule has 206 valence electrons. The molecule has 0 unspecified atom stereocenters. The Kier molecular flexibility index (Phi) is 6.75. The fraction of sp³-hybridized carbons (Fsp3) is 0.484. The zero-order valence-electron chi connectivity index (χ0n) is 23.3. The third-order valence-corrected chi connectivity index (χ3v) is 9.13. The number of nitriles is 2. The highest BCUT2D eigenvalue weighted by atomic mass is 16.7. The van der Waals surface area contributed by atoms with Crippen LogP contribution in [0.3, 0.4) is 0 Å². The summed E-state index contributed by atoms with van der Waals surface area (Å²) in [6, 6.07) is 12.4. The SMILES string of the molecule is Cc1cc2c(cc1N(CC1CCC1)[C@H]1CC[C@@H](N(C)c3c(C#N)c(=O)n(C)c4ccc(C#N)nc34)CC1)OCO2. The summed E-state index contributed by atoms with van der Waals surface area (Å²) in [6.07, 6.45) is 7.71.